The largest absolute Gasteiger partial charge is 0.386 e. The minimum Gasteiger partial charge on any atom is -0.386 e. The molecule has 2 fully saturated rings. The molecular formula is C26H41N5O2. The summed E-state index contributed by atoms with van der Waals surface area (Å²) in [7, 11) is 0. The van der Waals surface area contributed by atoms with Crippen LogP contribution in [-0.4, -0.2) is 59.7 Å². The molecule has 33 heavy (non-hydrogen) atoms. The normalized spacial score (nSPS) is 19.6. The molecule has 1 aliphatic carbocycles. The molecule has 0 spiro atoms. The lowest BCUT2D eigenvalue weighted by molar-refractivity contribution is -0.127. The van der Waals surface area contributed by atoms with E-state index in [4.69, 9.17) is 4.98 Å². The van der Waals surface area contributed by atoms with Crippen molar-refractivity contribution >= 4 is 23.6 Å². The number of hydrogen-bond donors (Lipinski definition) is 2. The Hall–Kier alpha value is -2.41. The molecule has 7 nitrogen and oxygen atoms in total. The van der Waals surface area contributed by atoms with Gasteiger partial charge in [-0.25, -0.2) is 4.98 Å². The Labute approximate surface area is 199 Å². The maximum Gasteiger partial charge on any atom is 0.242 e. The van der Waals surface area contributed by atoms with E-state index in [1.807, 2.05) is 6.07 Å². The fraction of sp³-hybridized carbons (Fsp3) is 0.654. The standard InChI is InChI=1S/C26H41N5O2/c1-5-8-23(9-6-2)31-13-12-30(17-22(31)7-3)26-19(4)14-21(15-28-26)29-24(25(33)18-32)16-27-20-10-11-20/h14-16,18,20,22-23,27,29H,5-13,17H2,1-4H3/b24-16-. The molecule has 1 aromatic rings. The third kappa shape index (κ3) is 6.79. The number of nitrogens with zero attached hydrogens (tertiary/aromatic N) is 3. The molecule has 1 saturated heterocycles. The Morgan fingerprint density at radius 1 is 1.21 bits per heavy atom. The van der Waals surface area contributed by atoms with E-state index >= 15 is 0 Å². The number of anilines is 2. The highest BCUT2D eigenvalue weighted by atomic mass is 16.2. The predicted octanol–water partition coefficient (Wildman–Crippen LogP) is 4.03. The summed E-state index contributed by atoms with van der Waals surface area (Å²) < 4.78 is 0. The van der Waals surface area contributed by atoms with Crippen molar-refractivity contribution in [2.75, 3.05) is 29.9 Å². The number of aldehydes is 1. The highest BCUT2D eigenvalue weighted by Gasteiger charge is 2.31. The molecule has 7 heteroatoms. The van der Waals surface area contributed by atoms with Crippen molar-refractivity contribution in [3.63, 3.8) is 0 Å². The number of rotatable bonds is 13. The van der Waals surface area contributed by atoms with Crippen LogP contribution in [0, 0.1) is 6.92 Å². The second-order valence-corrected chi connectivity index (χ2v) is 9.45. The first-order valence-electron chi connectivity index (χ1n) is 12.7. The number of nitrogens with one attached hydrogen (secondary N) is 2. The van der Waals surface area contributed by atoms with E-state index in [0.29, 0.717) is 30.1 Å². The average Bonchev–Trinajstić information content (AvgIpc) is 3.65. The number of piperazine rings is 1. The third-order valence-corrected chi connectivity index (χ3v) is 6.75. The van der Waals surface area contributed by atoms with Gasteiger partial charge < -0.3 is 15.5 Å². The molecular weight excluding hydrogens is 414 g/mol. The summed E-state index contributed by atoms with van der Waals surface area (Å²) in [6, 6.07) is 3.63. The van der Waals surface area contributed by atoms with Crippen molar-refractivity contribution < 1.29 is 9.59 Å². The van der Waals surface area contributed by atoms with Crippen molar-refractivity contribution in [1.82, 2.24) is 15.2 Å². The molecule has 1 aliphatic heterocycles. The van der Waals surface area contributed by atoms with Gasteiger partial charge >= 0.3 is 0 Å². The fourth-order valence-electron chi connectivity index (χ4n) is 4.85. The van der Waals surface area contributed by atoms with Gasteiger partial charge in [0.1, 0.15) is 11.5 Å². The van der Waals surface area contributed by atoms with Gasteiger partial charge in [-0.2, -0.15) is 0 Å². The van der Waals surface area contributed by atoms with Gasteiger partial charge in [-0.15, -0.1) is 0 Å². The quantitative estimate of drug-likeness (QED) is 0.264. The molecule has 1 aromatic heterocycles. The monoisotopic (exact) mass is 455 g/mol. The van der Waals surface area contributed by atoms with E-state index in [1.165, 1.54) is 25.7 Å². The lowest BCUT2D eigenvalue weighted by atomic mass is 9.99. The molecule has 0 aromatic carbocycles. The molecule has 0 amide bonds. The molecule has 0 radical (unpaired) electrons. The van der Waals surface area contributed by atoms with Gasteiger partial charge in [0.2, 0.25) is 5.78 Å². The summed E-state index contributed by atoms with van der Waals surface area (Å²) in [5.41, 5.74) is 2.03. The first kappa shape index (κ1) is 25.2. The van der Waals surface area contributed by atoms with E-state index in [-0.39, 0.29) is 5.70 Å². The highest BCUT2D eigenvalue weighted by Crippen LogP contribution is 2.27. The second-order valence-electron chi connectivity index (χ2n) is 9.45. The highest BCUT2D eigenvalue weighted by molar-refractivity contribution is 6.33. The lowest BCUT2D eigenvalue weighted by Crippen LogP contribution is -2.56. The van der Waals surface area contributed by atoms with Crippen LogP contribution < -0.4 is 15.5 Å². The van der Waals surface area contributed by atoms with E-state index < -0.39 is 5.78 Å². The molecule has 0 bridgehead atoms. The Morgan fingerprint density at radius 3 is 2.52 bits per heavy atom. The summed E-state index contributed by atoms with van der Waals surface area (Å²) in [6.45, 7) is 11.9. The number of aromatic nitrogens is 1. The van der Waals surface area contributed by atoms with Crippen molar-refractivity contribution in [3.05, 3.63) is 29.7 Å². The number of ketones is 1. The summed E-state index contributed by atoms with van der Waals surface area (Å²) in [5, 5.41) is 6.26. The van der Waals surface area contributed by atoms with Gasteiger partial charge in [-0.05, 0) is 50.7 Å². The third-order valence-electron chi connectivity index (χ3n) is 6.75. The van der Waals surface area contributed by atoms with Crippen LogP contribution in [-0.2, 0) is 9.59 Å². The minimum atomic E-state index is -0.569. The first-order valence-corrected chi connectivity index (χ1v) is 12.7. The van der Waals surface area contributed by atoms with Gasteiger partial charge in [0.25, 0.3) is 0 Å². The zero-order valence-electron chi connectivity index (χ0n) is 20.8. The molecule has 3 rings (SSSR count). The number of hydrogen-bond acceptors (Lipinski definition) is 7. The van der Waals surface area contributed by atoms with Crippen LogP contribution in [0.25, 0.3) is 0 Å². The van der Waals surface area contributed by atoms with Gasteiger partial charge in [0.15, 0.2) is 6.29 Å². The molecule has 2 N–H and O–H groups in total. The van der Waals surface area contributed by atoms with Crippen LogP contribution in [0.3, 0.4) is 0 Å². The molecule has 2 aliphatic rings. The number of aryl methyl sites for hydroxylation is 1. The molecule has 182 valence electrons. The smallest absolute Gasteiger partial charge is 0.242 e. The van der Waals surface area contributed by atoms with E-state index in [0.717, 1.165) is 50.3 Å². The summed E-state index contributed by atoms with van der Waals surface area (Å²) in [5.74, 6) is 0.435. The summed E-state index contributed by atoms with van der Waals surface area (Å²) in [4.78, 5) is 33.0. The Bertz CT molecular complexity index is 830. The number of pyridine rings is 1. The van der Waals surface area contributed by atoms with Crippen LogP contribution in [0.5, 0.6) is 0 Å². The van der Waals surface area contributed by atoms with Crippen LogP contribution in [0.2, 0.25) is 0 Å². The molecule has 2 heterocycles. The Kier molecular flexibility index (Phi) is 9.30. The second kappa shape index (κ2) is 12.2. The van der Waals surface area contributed by atoms with Gasteiger partial charge in [-0.3, -0.25) is 14.5 Å². The lowest BCUT2D eigenvalue weighted by Gasteiger charge is -2.46. The fourth-order valence-corrected chi connectivity index (χ4v) is 4.85. The zero-order valence-corrected chi connectivity index (χ0v) is 20.8. The van der Waals surface area contributed by atoms with Crippen molar-refractivity contribution in [3.8, 4) is 0 Å². The molecule has 1 saturated carbocycles. The SMILES string of the molecule is CCCC(CCC)N1CCN(c2ncc(N/C(=C\NC3CC3)C(=O)C=O)cc2C)CC1CC. The Morgan fingerprint density at radius 2 is 1.94 bits per heavy atom. The Balaban J connectivity index is 1.69. The van der Waals surface area contributed by atoms with Gasteiger partial charge in [0.05, 0.1) is 11.9 Å². The zero-order chi connectivity index (χ0) is 23.8. The first-order chi connectivity index (χ1) is 16.0. The maximum absolute atomic E-state index is 12.0. The average molecular weight is 456 g/mol. The van der Waals surface area contributed by atoms with Crippen LogP contribution in [0.4, 0.5) is 11.5 Å². The summed E-state index contributed by atoms with van der Waals surface area (Å²) in [6.07, 6.45) is 12.1. The van der Waals surface area contributed by atoms with Crippen LogP contribution >= 0.6 is 0 Å². The van der Waals surface area contributed by atoms with Crippen LogP contribution in [0.15, 0.2) is 24.2 Å². The van der Waals surface area contributed by atoms with Crippen molar-refractivity contribution in [1.29, 1.82) is 0 Å². The maximum atomic E-state index is 12.0. The summed E-state index contributed by atoms with van der Waals surface area (Å²) >= 11 is 0. The number of allylic oxidation sites excluding steroid dienone is 1. The van der Waals surface area contributed by atoms with Crippen molar-refractivity contribution in [2.45, 2.75) is 90.8 Å². The van der Waals surface area contributed by atoms with Crippen LogP contribution in [0.1, 0.15) is 71.3 Å². The molecule has 1 atom stereocenters. The minimum absolute atomic E-state index is 0.253. The van der Waals surface area contributed by atoms with Gasteiger partial charge in [0, 0.05) is 44.0 Å². The van der Waals surface area contributed by atoms with Gasteiger partial charge in [-0.1, -0.05) is 33.6 Å². The predicted molar refractivity (Wildman–Crippen MR) is 135 cm³/mol. The topological polar surface area (TPSA) is 77.6 Å². The van der Waals surface area contributed by atoms with Crippen molar-refractivity contribution in [2.24, 2.45) is 0 Å². The number of carbonyl (C=O) groups excluding carboxylic acids is 2. The van der Waals surface area contributed by atoms with E-state index in [2.05, 4.69) is 48.1 Å². The number of Topliss-reactive ketones (excluding diaryl/α,β-unsaturated/α-hetero) is 1. The number of carbonyl (C=O) groups is 2. The molecule has 1 unspecified atom stereocenters. The van der Waals surface area contributed by atoms with E-state index in [9.17, 15) is 9.59 Å². The van der Waals surface area contributed by atoms with E-state index in [1.54, 1.807) is 12.4 Å².